The molecule has 0 heterocycles. The highest BCUT2D eigenvalue weighted by Crippen LogP contribution is 2.34. The van der Waals surface area contributed by atoms with E-state index >= 15 is 0 Å². The van der Waals surface area contributed by atoms with Crippen LogP contribution in [0.5, 0.6) is 0 Å². The maximum atomic E-state index is 13.1. The summed E-state index contributed by atoms with van der Waals surface area (Å²) < 4.78 is 10.4. The zero-order chi connectivity index (χ0) is 23.8. The predicted molar refractivity (Wildman–Crippen MR) is 115 cm³/mol. The van der Waals surface area contributed by atoms with Crippen LogP contribution < -0.4 is 10.6 Å². The second kappa shape index (κ2) is 11.3. The number of Topliss-reactive ketones (excluding diaryl/α,β-unsaturated/α-hetero) is 1. The van der Waals surface area contributed by atoms with Gasteiger partial charge in [-0.3, -0.25) is 9.59 Å². The standard InChI is InChI=1S/C22H38N2O7/c1-21(2,3)30-19(28)23-13-8-7-12-16(24-20(29)31-22(4,5)6)17(25)14-10-9-11-15(14)18(26)27/h14-16H,7-13H2,1-6H3,(H,23,28)(H,24,29)(H,26,27)/t14?,15-,16+/m1/s1. The molecule has 1 unspecified atom stereocenters. The van der Waals surface area contributed by atoms with Gasteiger partial charge in [-0.15, -0.1) is 0 Å². The lowest BCUT2D eigenvalue weighted by atomic mass is 9.87. The molecule has 3 atom stereocenters. The Labute approximate surface area is 184 Å². The number of carboxylic acids is 1. The molecule has 1 aliphatic rings. The highest BCUT2D eigenvalue weighted by atomic mass is 16.6. The Hall–Kier alpha value is -2.32. The van der Waals surface area contributed by atoms with E-state index in [0.717, 1.165) is 0 Å². The molecular weight excluding hydrogens is 404 g/mol. The van der Waals surface area contributed by atoms with Crippen molar-refractivity contribution >= 4 is 23.9 Å². The number of hydrogen-bond donors (Lipinski definition) is 3. The molecule has 9 nitrogen and oxygen atoms in total. The number of aliphatic carboxylic acids is 1. The maximum absolute atomic E-state index is 13.1. The van der Waals surface area contributed by atoms with Crippen molar-refractivity contribution in [3.8, 4) is 0 Å². The van der Waals surface area contributed by atoms with Crippen LogP contribution in [-0.4, -0.2) is 52.8 Å². The number of carbonyl (C=O) groups is 4. The fourth-order valence-electron chi connectivity index (χ4n) is 3.57. The predicted octanol–water partition coefficient (Wildman–Crippen LogP) is 3.64. The number of nitrogens with one attached hydrogen (secondary N) is 2. The molecule has 1 rings (SSSR count). The van der Waals surface area contributed by atoms with Crippen LogP contribution in [0.3, 0.4) is 0 Å². The zero-order valence-electron chi connectivity index (χ0n) is 19.6. The van der Waals surface area contributed by atoms with Crippen LogP contribution in [0.2, 0.25) is 0 Å². The lowest BCUT2D eigenvalue weighted by Crippen LogP contribution is -2.46. The van der Waals surface area contributed by atoms with Crippen molar-refractivity contribution in [1.82, 2.24) is 10.6 Å². The van der Waals surface area contributed by atoms with Gasteiger partial charge in [-0.2, -0.15) is 0 Å². The third-order valence-corrected chi connectivity index (χ3v) is 4.82. The number of amides is 2. The van der Waals surface area contributed by atoms with Gasteiger partial charge in [0.1, 0.15) is 11.2 Å². The summed E-state index contributed by atoms with van der Waals surface area (Å²) in [7, 11) is 0. The van der Waals surface area contributed by atoms with Gasteiger partial charge in [-0.25, -0.2) is 9.59 Å². The van der Waals surface area contributed by atoms with Crippen molar-refractivity contribution in [2.24, 2.45) is 11.8 Å². The van der Waals surface area contributed by atoms with Crippen molar-refractivity contribution in [2.45, 2.75) is 97.3 Å². The minimum atomic E-state index is -0.978. The maximum Gasteiger partial charge on any atom is 0.408 e. The Balaban J connectivity index is 2.66. The molecule has 9 heteroatoms. The SMILES string of the molecule is CC(C)(C)OC(=O)NCCCC[C@H](NC(=O)OC(C)(C)C)C(=O)C1CCC[C@H]1C(=O)O. The molecule has 178 valence electrons. The number of unbranched alkanes of at least 4 members (excludes halogenated alkanes) is 1. The molecule has 0 aliphatic heterocycles. The minimum absolute atomic E-state index is 0.268. The van der Waals surface area contributed by atoms with E-state index in [2.05, 4.69) is 10.6 Å². The molecule has 1 aliphatic carbocycles. The lowest BCUT2D eigenvalue weighted by molar-refractivity contribution is -0.146. The van der Waals surface area contributed by atoms with Crippen LogP contribution in [0.1, 0.15) is 80.1 Å². The second-order valence-electron chi connectivity index (χ2n) is 10.0. The number of hydrogen-bond acceptors (Lipinski definition) is 6. The van der Waals surface area contributed by atoms with E-state index in [1.165, 1.54) is 0 Å². The molecule has 2 amide bonds. The molecule has 0 saturated heterocycles. The first-order valence-corrected chi connectivity index (χ1v) is 10.9. The van der Waals surface area contributed by atoms with Crippen molar-refractivity contribution in [3.63, 3.8) is 0 Å². The molecule has 0 aromatic rings. The fourth-order valence-corrected chi connectivity index (χ4v) is 3.57. The Kier molecular flexibility index (Phi) is 9.77. The summed E-state index contributed by atoms with van der Waals surface area (Å²) in [6.45, 7) is 10.9. The largest absolute Gasteiger partial charge is 0.481 e. The van der Waals surface area contributed by atoms with Crippen molar-refractivity contribution < 1.29 is 33.8 Å². The van der Waals surface area contributed by atoms with Crippen LogP contribution in [0.25, 0.3) is 0 Å². The van der Waals surface area contributed by atoms with Crippen LogP contribution in [0.15, 0.2) is 0 Å². The van der Waals surface area contributed by atoms with Crippen LogP contribution in [0.4, 0.5) is 9.59 Å². The Morgan fingerprint density at radius 1 is 0.903 bits per heavy atom. The second-order valence-corrected chi connectivity index (χ2v) is 10.0. The fraction of sp³-hybridized carbons (Fsp3) is 0.818. The van der Waals surface area contributed by atoms with Gasteiger partial charge >= 0.3 is 18.2 Å². The van der Waals surface area contributed by atoms with Gasteiger partial charge in [0.2, 0.25) is 0 Å². The number of carbonyl (C=O) groups excluding carboxylic acids is 3. The Bertz CT molecular complexity index is 649. The Morgan fingerprint density at radius 3 is 2.00 bits per heavy atom. The molecule has 31 heavy (non-hydrogen) atoms. The van der Waals surface area contributed by atoms with E-state index < -0.39 is 47.2 Å². The molecule has 0 spiro atoms. The third-order valence-electron chi connectivity index (χ3n) is 4.82. The van der Waals surface area contributed by atoms with Crippen molar-refractivity contribution in [3.05, 3.63) is 0 Å². The summed E-state index contributed by atoms with van der Waals surface area (Å²) in [5.74, 6) is -2.58. The summed E-state index contributed by atoms with van der Waals surface area (Å²) in [6, 6.07) is -0.832. The van der Waals surface area contributed by atoms with Gasteiger partial charge in [0.05, 0.1) is 12.0 Å². The first-order chi connectivity index (χ1) is 14.2. The first kappa shape index (κ1) is 26.7. The van der Waals surface area contributed by atoms with E-state index in [1.54, 1.807) is 41.5 Å². The Morgan fingerprint density at radius 2 is 1.45 bits per heavy atom. The monoisotopic (exact) mass is 442 g/mol. The average molecular weight is 443 g/mol. The molecular formula is C22H38N2O7. The van der Waals surface area contributed by atoms with Gasteiger partial charge in [0.25, 0.3) is 0 Å². The molecule has 1 saturated carbocycles. The lowest BCUT2D eigenvalue weighted by Gasteiger charge is -2.25. The first-order valence-electron chi connectivity index (χ1n) is 10.9. The highest BCUT2D eigenvalue weighted by Gasteiger charge is 2.40. The zero-order valence-corrected chi connectivity index (χ0v) is 19.6. The van der Waals surface area contributed by atoms with E-state index in [1.807, 2.05) is 0 Å². The van der Waals surface area contributed by atoms with E-state index in [9.17, 15) is 24.3 Å². The summed E-state index contributed by atoms with van der Waals surface area (Å²) in [5, 5.41) is 14.7. The summed E-state index contributed by atoms with van der Waals surface area (Å²) in [4.78, 5) is 48.5. The molecule has 0 aromatic heterocycles. The molecule has 0 bridgehead atoms. The van der Waals surface area contributed by atoms with Crippen LogP contribution in [-0.2, 0) is 19.1 Å². The van der Waals surface area contributed by atoms with E-state index in [0.29, 0.717) is 45.1 Å². The van der Waals surface area contributed by atoms with Crippen molar-refractivity contribution in [1.29, 1.82) is 0 Å². The molecule has 3 N–H and O–H groups in total. The molecule has 0 aromatic carbocycles. The number of ketones is 1. The number of ether oxygens (including phenoxy) is 2. The summed E-state index contributed by atoms with van der Waals surface area (Å²) in [6.07, 6.45) is 1.87. The number of alkyl carbamates (subject to hydrolysis) is 2. The van der Waals surface area contributed by atoms with E-state index in [4.69, 9.17) is 9.47 Å². The smallest absolute Gasteiger partial charge is 0.408 e. The van der Waals surface area contributed by atoms with Crippen LogP contribution in [0, 0.1) is 11.8 Å². The minimum Gasteiger partial charge on any atom is -0.481 e. The van der Waals surface area contributed by atoms with Gasteiger partial charge in [0.15, 0.2) is 5.78 Å². The summed E-state index contributed by atoms with van der Waals surface area (Å²) >= 11 is 0. The number of carboxylic acid groups (broad SMARTS) is 1. The average Bonchev–Trinajstić information content (AvgIpc) is 3.06. The van der Waals surface area contributed by atoms with E-state index in [-0.39, 0.29) is 5.78 Å². The normalized spacial score (nSPS) is 19.9. The summed E-state index contributed by atoms with van der Waals surface area (Å²) in [5.41, 5.74) is -1.30. The topological polar surface area (TPSA) is 131 Å². The molecule has 0 radical (unpaired) electrons. The molecule has 1 fully saturated rings. The van der Waals surface area contributed by atoms with Gasteiger partial charge < -0.3 is 25.2 Å². The van der Waals surface area contributed by atoms with Gasteiger partial charge in [-0.05, 0) is 73.6 Å². The van der Waals surface area contributed by atoms with Gasteiger partial charge in [-0.1, -0.05) is 6.42 Å². The number of rotatable bonds is 9. The third kappa shape index (κ3) is 10.5. The van der Waals surface area contributed by atoms with Gasteiger partial charge in [0, 0.05) is 12.5 Å². The van der Waals surface area contributed by atoms with Crippen LogP contribution >= 0.6 is 0 Å². The highest BCUT2D eigenvalue weighted by molar-refractivity contribution is 5.92. The quantitative estimate of drug-likeness (QED) is 0.465. The van der Waals surface area contributed by atoms with Crippen molar-refractivity contribution in [2.75, 3.05) is 6.54 Å².